The number of fused-ring (bicyclic) bond motifs is 5. The molecule has 0 bridgehead atoms. The smallest absolute Gasteiger partial charge is 0.0622 e. The highest BCUT2D eigenvalue weighted by Crippen LogP contribution is 2.68. The molecule has 4 rings (SSSR count). The van der Waals surface area contributed by atoms with Gasteiger partial charge in [-0.3, -0.25) is 0 Å². The Morgan fingerprint density at radius 2 is 1.62 bits per heavy atom. The third-order valence-corrected chi connectivity index (χ3v) is 10.4. The summed E-state index contributed by atoms with van der Waals surface area (Å²) in [4.78, 5) is 0. The number of hydrogen-bond donors (Lipinski definition) is 1. The molecule has 4 aliphatic carbocycles. The summed E-state index contributed by atoms with van der Waals surface area (Å²) >= 11 is 3.69. The van der Waals surface area contributed by atoms with Gasteiger partial charge in [0, 0.05) is 5.33 Å². The highest BCUT2D eigenvalue weighted by Gasteiger charge is 2.60. The van der Waals surface area contributed by atoms with Gasteiger partial charge in [0.15, 0.2) is 0 Å². The first-order valence-corrected chi connectivity index (χ1v) is 12.2. The molecule has 0 amide bonds. The number of rotatable bonds is 2. The molecule has 0 spiro atoms. The fourth-order valence-electron chi connectivity index (χ4n) is 8.44. The van der Waals surface area contributed by atoms with Crippen LogP contribution in [-0.2, 0) is 0 Å². The molecule has 4 aliphatic rings. The van der Waals surface area contributed by atoms with E-state index in [-0.39, 0.29) is 0 Å². The van der Waals surface area contributed by atoms with E-state index in [2.05, 4.69) is 50.2 Å². The molecular formula is C24H39BrO. The van der Waals surface area contributed by atoms with Gasteiger partial charge in [-0.1, -0.05) is 48.9 Å². The van der Waals surface area contributed by atoms with Crippen molar-refractivity contribution in [1.29, 1.82) is 0 Å². The van der Waals surface area contributed by atoms with E-state index in [1.165, 1.54) is 44.1 Å². The minimum Gasteiger partial charge on any atom is -0.390 e. The van der Waals surface area contributed by atoms with Gasteiger partial charge < -0.3 is 5.11 Å². The Balaban J connectivity index is 1.63. The van der Waals surface area contributed by atoms with Crippen molar-refractivity contribution in [2.75, 3.05) is 5.33 Å². The normalized spacial score (nSPS) is 52.7. The molecule has 1 N–H and O–H groups in total. The quantitative estimate of drug-likeness (QED) is 0.392. The van der Waals surface area contributed by atoms with Gasteiger partial charge in [-0.15, -0.1) is 0 Å². The molecule has 1 nitrogen and oxygen atoms in total. The molecule has 0 aromatic rings. The molecule has 2 heteroatoms. The average Bonchev–Trinajstić information content (AvgIpc) is 2.91. The van der Waals surface area contributed by atoms with Crippen LogP contribution in [0.4, 0.5) is 0 Å². The Kier molecular flexibility index (Phi) is 4.76. The molecule has 4 saturated carbocycles. The SMILES string of the molecule is C=C(CBr)[C@H]1CC[C@H]2[C@@H]3CC(C)(C)[C@@H]4C[C@@](C)(O)CC[C@@H]4[C@H]3CC[C@]12C. The molecule has 0 aromatic heterocycles. The van der Waals surface area contributed by atoms with Crippen LogP contribution in [-0.4, -0.2) is 16.0 Å². The zero-order chi connectivity index (χ0) is 18.9. The second-order valence-electron chi connectivity index (χ2n) is 11.6. The summed E-state index contributed by atoms with van der Waals surface area (Å²) < 4.78 is 0. The summed E-state index contributed by atoms with van der Waals surface area (Å²) in [5.41, 5.74) is 1.87. The number of hydrogen-bond acceptors (Lipinski definition) is 1. The second kappa shape index (κ2) is 6.34. The van der Waals surface area contributed by atoms with Crippen molar-refractivity contribution in [2.24, 2.45) is 46.3 Å². The maximum atomic E-state index is 10.7. The van der Waals surface area contributed by atoms with Crippen LogP contribution >= 0.6 is 15.9 Å². The highest BCUT2D eigenvalue weighted by molar-refractivity contribution is 9.09. The molecule has 0 saturated heterocycles. The lowest BCUT2D eigenvalue weighted by Gasteiger charge is -2.61. The van der Waals surface area contributed by atoms with Crippen molar-refractivity contribution in [3.63, 3.8) is 0 Å². The first-order chi connectivity index (χ1) is 12.1. The molecular weight excluding hydrogens is 384 g/mol. The van der Waals surface area contributed by atoms with Crippen molar-refractivity contribution >= 4 is 15.9 Å². The Hall–Kier alpha value is 0.180. The molecule has 148 valence electrons. The Labute approximate surface area is 169 Å². The molecule has 0 aromatic carbocycles. The van der Waals surface area contributed by atoms with Crippen LogP contribution in [0.25, 0.3) is 0 Å². The van der Waals surface area contributed by atoms with Crippen LogP contribution in [0.15, 0.2) is 12.2 Å². The van der Waals surface area contributed by atoms with Gasteiger partial charge in [0.1, 0.15) is 0 Å². The zero-order valence-electron chi connectivity index (χ0n) is 17.4. The van der Waals surface area contributed by atoms with Gasteiger partial charge in [-0.25, -0.2) is 0 Å². The lowest BCUT2D eigenvalue weighted by molar-refractivity contribution is -0.144. The molecule has 0 heterocycles. The Morgan fingerprint density at radius 1 is 0.923 bits per heavy atom. The van der Waals surface area contributed by atoms with Crippen molar-refractivity contribution in [2.45, 2.75) is 84.7 Å². The van der Waals surface area contributed by atoms with Gasteiger partial charge in [0.2, 0.25) is 0 Å². The summed E-state index contributed by atoms with van der Waals surface area (Å²) in [6.45, 7) is 14.1. The van der Waals surface area contributed by atoms with Gasteiger partial charge in [-0.05, 0) is 105 Å². The molecule has 26 heavy (non-hydrogen) atoms. The Morgan fingerprint density at radius 3 is 2.31 bits per heavy atom. The van der Waals surface area contributed by atoms with Gasteiger partial charge in [0.05, 0.1) is 5.60 Å². The number of halogens is 1. The van der Waals surface area contributed by atoms with E-state index in [0.717, 1.165) is 47.8 Å². The lowest BCUT2D eigenvalue weighted by Crippen LogP contribution is -2.55. The van der Waals surface area contributed by atoms with Gasteiger partial charge in [-0.2, -0.15) is 0 Å². The molecule has 0 unspecified atom stereocenters. The fraction of sp³-hybridized carbons (Fsp3) is 0.917. The minimum atomic E-state index is -0.430. The standard InChI is InChI=1S/C24H39BrO/c1-15(14-25)19-6-7-20-18-12-22(2,3)21-13-23(4,26)10-8-17(21)16(18)9-11-24(19,20)5/h16-21,26H,1,6-14H2,2-5H3/t16-,17-,18-,19-,20+,21-,23+,24-/m1/s1. The largest absolute Gasteiger partial charge is 0.390 e. The predicted octanol–water partition coefficient (Wildman–Crippen LogP) is 6.59. The van der Waals surface area contributed by atoms with E-state index in [1.54, 1.807) is 0 Å². The monoisotopic (exact) mass is 422 g/mol. The summed E-state index contributed by atoms with van der Waals surface area (Å²) in [5, 5.41) is 11.7. The molecule has 4 fully saturated rings. The van der Waals surface area contributed by atoms with E-state index >= 15 is 0 Å². The van der Waals surface area contributed by atoms with E-state index < -0.39 is 5.60 Å². The predicted molar refractivity (Wildman–Crippen MR) is 113 cm³/mol. The van der Waals surface area contributed by atoms with Crippen LogP contribution in [0, 0.1) is 46.3 Å². The highest BCUT2D eigenvalue weighted by atomic mass is 79.9. The van der Waals surface area contributed by atoms with Crippen LogP contribution < -0.4 is 0 Å². The third-order valence-electron chi connectivity index (χ3n) is 9.67. The first kappa shape index (κ1) is 19.5. The third kappa shape index (κ3) is 2.88. The van der Waals surface area contributed by atoms with Crippen LogP contribution in [0.2, 0.25) is 0 Å². The van der Waals surface area contributed by atoms with Crippen LogP contribution in [0.1, 0.15) is 79.1 Å². The van der Waals surface area contributed by atoms with E-state index in [1.807, 2.05) is 0 Å². The first-order valence-electron chi connectivity index (χ1n) is 11.0. The fourth-order valence-corrected chi connectivity index (χ4v) is 8.83. The van der Waals surface area contributed by atoms with E-state index in [0.29, 0.717) is 16.7 Å². The van der Waals surface area contributed by atoms with Crippen LogP contribution in [0.3, 0.4) is 0 Å². The summed E-state index contributed by atoms with van der Waals surface area (Å²) in [7, 11) is 0. The summed E-state index contributed by atoms with van der Waals surface area (Å²) in [6.07, 6.45) is 10.3. The maximum Gasteiger partial charge on any atom is 0.0622 e. The lowest BCUT2D eigenvalue weighted by atomic mass is 9.44. The second-order valence-corrected chi connectivity index (χ2v) is 12.2. The molecule has 8 atom stereocenters. The average molecular weight is 423 g/mol. The molecule has 0 radical (unpaired) electrons. The van der Waals surface area contributed by atoms with Crippen LogP contribution in [0.5, 0.6) is 0 Å². The van der Waals surface area contributed by atoms with Gasteiger partial charge >= 0.3 is 0 Å². The van der Waals surface area contributed by atoms with Crippen molar-refractivity contribution < 1.29 is 5.11 Å². The minimum absolute atomic E-state index is 0.374. The van der Waals surface area contributed by atoms with Crippen molar-refractivity contribution in [1.82, 2.24) is 0 Å². The van der Waals surface area contributed by atoms with Gasteiger partial charge in [0.25, 0.3) is 0 Å². The number of allylic oxidation sites excluding steroid dienone is 1. The Bertz CT molecular complexity index is 579. The number of aliphatic hydroxyl groups is 1. The zero-order valence-corrected chi connectivity index (χ0v) is 18.9. The van der Waals surface area contributed by atoms with Crippen molar-refractivity contribution in [3.8, 4) is 0 Å². The van der Waals surface area contributed by atoms with E-state index in [9.17, 15) is 5.11 Å². The summed E-state index contributed by atoms with van der Waals surface area (Å²) in [5.74, 6) is 5.00. The maximum absolute atomic E-state index is 10.7. The number of alkyl halides is 1. The van der Waals surface area contributed by atoms with Crippen molar-refractivity contribution in [3.05, 3.63) is 12.2 Å². The topological polar surface area (TPSA) is 20.2 Å². The van der Waals surface area contributed by atoms with E-state index in [4.69, 9.17) is 0 Å². The molecule has 0 aliphatic heterocycles. The summed E-state index contributed by atoms with van der Waals surface area (Å²) in [6, 6.07) is 0.